The molecule has 7 heteroatoms. The number of hydrogen-bond donors (Lipinski definition) is 0. The Morgan fingerprint density at radius 2 is 1.93 bits per heavy atom. The smallest absolute Gasteiger partial charge is 0.179 e. The van der Waals surface area contributed by atoms with Crippen molar-refractivity contribution in [3.8, 4) is 22.1 Å². The second kappa shape index (κ2) is 8.88. The molecule has 0 saturated heterocycles. The van der Waals surface area contributed by atoms with Crippen LogP contribution in [0, 0.1) is 6.92 Å². The molecule has 0 saturated carbocycles. The molecule has 0 aliphatic heterocycles. The SMILES string of the molecule is COc1cc(/C=N/OCc2sc(-c3ccccc3)nc2C)cc(Cl)c1OC. The molecule has 2 aromatic carbocycles. The molecular formula is C20H19ClN2O3S. The molecule has 0 aliphatic rings. The summed E-state index contributed by atoms with van der Waals surface area (Å²) >= 11 is 7.79. The minimum Gasteiger partial charge on any atom is -0.493 e. The monoisotopic (exact) mass is 402 g/mol. The van der Waals surface area contributed by atoms with Gasteiger partial charge in [0.05, 0.1) is 36.0 Å². The van der Waals surface area contributed by atoms with Crippen LogP contribution >= 0.6 is 22.9 Å². The summed E-state index contributed by atoms with van der Waals surface area (Å²) in [5.74, 6) is 1.03. The zero-order valence-corrected chi connectivity index (χ0v) is 16.8. The van der Waals surface area contributed by atoms with Gasteiger partial charge in [-0.2, -0.15) is 0 Å². The number of ether oxygens (including phenoxy) is 2. The maximum Gasteiger partial charge on any atom is 0.179 e. The van der Waals surface area contributed by atoms with Crippen molar-refractivity contribution in [1.29, 1.82) is 0 Å². The Labute approximate surface area is 167 Å². The van der Waals surface area contributed by atoms with E-state index in [1.54, 1.807) is 43.9 Å². The van der Waals surface area contributed by atoms with Crippen LogP contribution in [0.5, 0.6) is 11.5 Å². The number of aryl methyl sites for hydroxylation is 1. The molecule has 1 aromatic heterocycles. The molecule has 3 rings (SSSR count). The third kappa shape index (κ3) is 4.59. The molecule has 1 heterocycles. The largest absolute Gasteiger partial charge is 0.493 e. The first kappa shape index (κ1) is 19.2. The molecule has 0 atom stereocenters. The van der Waals surface area contributed by atoms with Crippen molar-refractivity contribution in [2.24, 2.45) is 5.16 Å². The Morgan fingerprint density at radius 1 is 1.15 bits per heavy atom. The first-order valence-electron chi connectivity index (χ1n) is 8.21. The van der Waals surface area contributed by atoms with Gasteiger partial charge in [-0.05, 0) is 19.1 Å². The number of rotatable bonds is 7. The van der Waals surface area contributed by atoms with Gasteiger partial charge in [0.25, 0.3) is 0 Å². The molecule has 5 nitrogen and oxygen atoms in total. The van der Waals surface area contributed by atoms with Crippen molar-refractivity contribution in [3.05, 3.63) is 63.6 Å². The quantitative estimate of drug-likeness (QED) is 0.395. The summed E-state index contributed by atoms with van der Waals surface area (Å²) < 4.78 is 10.5. The summed E-state index contributed by atoms with van der Waals surface area (Å²) in [6.07, 6.45) is 1.59. The van der Waals surface area contributed by atoms with Gasteiger partial charge in [-0.1, -0.05) is 47.1 Å². The van der Waals surface area contributed by atoms with E-state index in [4.69, 9.17) is 25.9 Å². The Hall–Kier alpha value is -2.57. The van der Waals surface area contributed by atoms with E-state index in [1.165, 1.54) is 0 Å². The van der Waals surface area contributed by atoms with Crippen LogP contribution < -0.4 is 9.47 Å². The van der Waals surface area contributed by atoms with Gasteiger partial charge in [0.15, 0.2) is 18.1 Å². The van der Waals surface area contributed by atoms with Crippen molar-refractivity contribution in [2.45, 2.75) is 13.5 Å². The average molecular weight is 403 g/mol. The Balaban J connectivity index is 1.67. The normalized spacial score (nSPS) is 11.0. The molecule has 3 aromatic rings. The summed E-state index contributed by atoms with van der Waals surface area (Å²) in [6.45, 7) is 2.33. The van der Waals surface area contributed by atoms with Gasteiger partial charge in [0.1, 0.15) is 5.01 Å². The van der Waals surface area contributed by atoms with Crippen molar-refractivity contribution in [1.82, 2.24) is 4.98 Å². The third-order valence-electron chi connectivity index (χ3n) is 3.84. The summed E-state index contributed by atoms with van der Waals surface area (Å²) in [5.41, 5.74) is 2.80. The topological polar surface area (TPSA) is 52.9 Å². The predicted molar refractivity (Wildman–Crippen MR) is 109 cm³/mol. The van der Waals surface area contributed by atoms with Crippen LogP contribution in [0.15, 0.2) is 47.6 Å². The molecule has 0 unspecified atom stereocenters. The maximum atomic E-state index is 6.19. The molecule has 0 bridgehead atoms. The number of hydrogen-bond acceptors (Lipinski definition) is 6. The lowest BCUT2D eigenvalue weighted by molar-refractivity contribution is 0.134. The molecule has 0 radical (unpaired) electrons. The zero-order chi connectivity index (χ0) is 19.2. The molecule has 0 N–H and O–H groups in total. The van der Waals surface area contributed by atoms with E-state index in [9.17, 15) is 0 Å². The molecule has 0 fully saturated rings. The number of thiazole rings is 1. The van der Waals surface area contributed by atoms with E-state index in [2.05, 4.69) is 10.1 Å². The van der Waals surface area contributed by atoms with Gasteiger partial charge in [-0.3, -0.25) is 0 Å². The molecule has 0 amide bonds. The summed E-state index contributed by atoms with van der Waals surface area (Å²) in [5, 5.41) is 5.45. The number of methoxy groups -OCH3 is 2. The maximum absolute atomic E-state index is 6.19. The van der Waals surface area contributed by atoms with Gasteiger partial charge >= 0.3 is 0 Å². The summed E-state index contributed by atoms with van der Waals surface area (Å²) in [6, 6.07) is 13.6. The molecule has 0 spiro atoms. The lowest BCUT2D eigenvalue weighted by Gasteiger charge is -2.09. The number of halogens is 1. The lowest BCUT2D eigenvalue weighted by atomic mass is 10.2. The molecule has 27 heavy (non-hydrogen) atoms. The van der Waals surface area contributed by atoms with Crippen LogP contribution in [0.2, 0.25) is 5.02 Å². The lowest BCUT2D eigenvalue weighted by Crippen LogP contribution is -1.94. The minimum absolute atomic E-state index is 0.355. The van der Waals surface area contributed by atoms with E-state index in [1.807, 2.05) is 37.3 Å². The molecular weight excluding hydrogens is 384 g/mol. The van der Waals surface area contributed by atoms with Crippen LogP contribution in [-0.4, -0.2) is 25.4 Å². The van der Waals surface area contributed by atoms with Crippen molar-refractivity contribution in [3.63, 3.8) is 0 Å². The molecule has 140 valence electrons. The number of nitrogens with zero attached hydrogens (tertiary/aromatic N) is 2. The fourth-order valence-electron chi connectivity index (χ4n) is 2.47. The first-order valence-corrected chi connectivity index (χ1v) is 9.40. The highest BCUT2D eigenvalue weighted by Gasteiger charge is 2.11. The highest BCUT2D eigenvalue weighted by Crippen LogP contribution is 2.35. The van der Waals surface area contributed by atoms with Gasteiger partial charge in [0, 0.05) is 11.1 Å². The fourth-order valence-corrected chi connectivity index (χ4v) is 3.74. The Kier molecular flexibility index (Phi) is 6.32. The third-order valence-corrected chi connectivity index (χ3v) is 5.30. The standard InChI is InChI=1S/C20H19ClN2O3S/c1-13-18(27-20(23-13)15-7-5-4-6-8-15)12-26-22-11-14-9-16(21)19(25-3)17(10-14)24-2/h4-11H,12H2,1-3H3/b22-11+. The van der Waals surface area contributed by atoms with Crippen LogP contribution in [0.25, 0.3) is 10.6 Å². The first-order chi connectivity index (χ1) is 13.1. The van der Waals surface area contributed by atoms with Crippen LogP contribution in [-0.2, 0) is 11.4 Å². The van der Waals surface area contributed by atoms with Crippen molar-refractivity contribution in [2.75, 3.05) is 14.2 Å². The van der Waals surface area contributed by atoms with Crippen molar-refractivity contribution >= 4 is 29.2 Å². The highest BCUT2D eigenvalue weighted by molar-refractivity contribution is 7.15. The van der Waals surface area contributed by atoms with Gasteiger partial charge in [-0.25, -0.2) is 4.98 Å². The van der Waals surface area contributed by atoms with E-state index in [-0.39, 0.29) is 0 Å². The number of aromatic nitrogens is 1. The van der Waals surface area contributed by atoms with Gasteiger partial charge in [-0.15, -0.1) is 11.3 Å². The second-order valence-electron chi connectivity index (χ2n) is 5.64. The zero-order valence-electron chi connectivity index (χ0n) is 15.2. The summed E-state index contributed by atoms with van der Waals surface area (Å²) in [4.78, 5) is 11.1. The average Bonchev–Trinajstić information content (AvgIpc) is 3.06. The van der Waals surface area contributed by atoms with E-state index >= 15 is 0 Å². The Bertz CT molecular complexity index is 942. The molecule has 0 aliphatic carbocycles. The highest BCUT2D eigenvalue weighted by atomic mass is 35.5. The van der Waals surface area contributed by atoms with Crippen LogP contribution in [0.3, 0.4) is 0 Å². The minimum atomic E-state index is 0.355. The fraction of sp³-hybridized carbons (Fsp3) is 0.200. The number of oxime groups is 1. The number of benzene rings is 2. The van der Waals surface area contributed by atoms with Crippen LogP contribution in [0.4, 0.5) is 0 Å². The van der Waals surface area contributed by atoms with E-state index in [0.717, 1.165) is 26.7 Å². The predicted octanol–water partition coefficient (Wildman–Crippen LogP) is 5.34. The van der Waals surface area contributed by atoms with Crippen molar-refractivity contribution < 1.29 is 14.3 Å². The van der Waals surface area contributed by atoms with E-state index < -0.39 is 0 Å². The Morgan fingerprint density at radius 3 is 2.63 bits per heavy atom. The van der Waals surface area contributed by atoms with Crippen LogP contribution in [0.1, 0.15) is 16.1 Å². The van der Waals surface area contributed by atoms with Gasteiger partial charge in [0.2, 0.25) is 0 Å². The van der Waals surface area contributed by atoms with Gasteiger partial charge < -0.3 is 14.3 Å². The summed E-state index contributed by atoms with van der Waals surface area (Å²) in [7, 11) is 3.10. The second-order valence-corrected chi connectivity index (χ2v) is 7.13. The van der Waals surface area contributed by atoms with E-state index in [0.29, 0.717) is 23.1 Å².